The predicted molar refractivity (Wildman–Crippen MR) is 62.3 cm³/mol. The lowest BCUT2D eigenvalue weighted by molar-refractivity contribution is 0.106. The van der Waals surface area contributed by atoms with Crippen LogP contribution in [0.25, 0.3) is 0 Å². The van der Waals surface area contributed by atoms with Crippen molar-refractivity contribution in [1.29, 1.82) is 0 Å². The molecule has 0 unspecified atom stereocenters. The van der Waals surface area contributed by atoms with Crippen molar-refractivity contribution in [2.75, 3.05) is 13.7 Å². The second-order valence-electron chi connectivity index (χ2n) is 4.87. The van der Waals surface area contributed by atoms with Crippen molar-refractivity contribution in [2.24, 2.45) is 0 Å². The predicted octanol–water partition coefficient (Wildman–Crippen LogP) is 2.55. The summed E-state index contributed by atoms with van der Waals surface area (Å²) < 4.78 is 4.79. The maximum Gasteiger partial charge on any atom is 0.409 e. The summed E-state index contributed by atoms with van der Waals surface area (Å²) in [5.74, 6) is 0. The number of hydrogen-bond acceptors (Lipinski definition) is 2. The molecule has 0 saturated heterocycles. The Morgan fingerprint density at radius 3 is 2.75 bits per heavy atom. The van der Waals surface area contributed by atoms with E-state index in [0.717, 1.165) is 0 Å². The van der Waals surface area contributed by atoms with Crippen LogP contribution >= 0.6 is 0 Å². The minimum absolute atomic E-state index is 0.0109. The zero-order valence-electron chi connectivity index (χ0n) is 9.99. The highest BCUT2D eigenvalue weighted by Gasteiger charge is 2.33. The molecule has 0 N–H and O–H groups in total. The molecule has 2 rings (SSSR count). The molecule has 0 bridgehead atoms. The molecule has 3 heteroatoms. The molecule has 86 valence electrons. The number of carbonyl (C=O) groups excluding carboxylic acids is 1. The number of rotatable bonds is 0. The highest BCUT2D eigenvalue weighted by Crippen LogP contribution is 2.33. The minimum atomic E-state index is -0.248. The number of nitrogens with zero attached hydrogens (tertiary/aromatic N) is 1. The molecule has 0 aromatic heterocycles. The van der Waals surface area contributed by atoms with E-state index in [2.05, 4.69) is 26.0 Å². The highest BCUT2D eigenvalue weighted by molar-refractivity contribution is 5.68. The molecular weight excluding hydrogens is 202 g/mol. The van der Waals surface area contributed by atoms with Crippen molar-refractivity contribution in [3.05, 3.63) is 35.4 Å². The summed E-state index contributed by atoms with van der Waals surface area (Å²) in [5, 5.41) is 0. The van der Waals surface area contributed by atoms with Crippen molar-refractivity contribution < 1.29 is 9.53 Å². The van der Waals surface area contributed by atoms with Crippen LogP contribution in [0.15, 0.2) is 24.3 Å². The SMILES string of the molecule is COC(=O)N1Cc2ccccc2C(C)(C)C1. The molecule has 1 aromatic carbocycles. The van der Waals surface area contributed by atoms with Crippen LogP contribution in [0, 0.1) is 0 Å². The Morgan fingerprint density at radius 1 is 1.38 bits per heavy atom. The minimum Gasteiger partial charge on any atom is -0.453 e. The van der Waals surface area contributed by atoms with Gasteiger partial charge in [-0.05, 0) is 11.1 Å². The number of methoxy groups -OCH3 is 1. The molecule has 1 aliphatic rings. The maximum absolute atomic E-state index is 11.6. The Bertz CT molecular complexity index is 412. The second-order valence-corrected chi connectivity index (χ2v) is 4.87. The van der Waals surface area contributed by atoms with Crippen LogP contribution in [-0.4, -0.2) is 24.6 Å². The van der Waals surface area contributed by atoms with Gasteiger partial charge in [-0.1, -0.05) is 38.1 Å². The number of hydrogen-bond donors (Lipinski definition) is 0. The van der Waals surface area contributed by atoms with Gasteiger partial charge in [0, 0.05) is 18.5 Å². The summed E-state index contributed by atoms with van der Waals surface area (Å²) in [6.45, 7) is 5.66. The van der Waals surface area contributed by atoms with Gasteiger partial charge in [0.2, 0.25) is 0 Å². The normalized spacial score (nSPS) is 17.8. The fourth-order valence-electron chi connectivity index (χ4n) is 2.40. The summed E-state index contributed by atoms with van der Waals surface area (Å²) in [7, 11) is 1.43. The van der Waals surface area contributed by atoms with Gasteiger partial charge in [0.1, 0.15) is 0 Å². The average molecular weight is 219 g/mol. The smallest absolute Gasteiger partial charge is 0.409 e. The fourth-order valence-corrected chi connectivity index (χ4v) is 2.40. The van der Waals surface area contributed by atoms with E-state index in [-0.39, 0.29) is 11.5 Å². The summed E-state index contributed by atoms with van der Waals surface area (Å²) in [6.07, 6.45) is -0.248. The van der Waals surface area contributed by atoms with Crippen molar-refractivity contribution in [3.8, 4) is 0 Å². The van der Waals surface area contributed by atoms with Crippen LogP contribution in [0.3, 0.4) is 0 Å². The molecule has 1 amide bonds. The first-order chi connectivity index (χ1) is 7.54. The van der Waals surface area contributed by atoms with E-state index < -0.39 is 0 Å². The van der Waals surface area contributed by atoms with Gasteiger partial charge in [0.15, 0.2) is 0 Å². The van der Waals surface area contributed by atoms with E-state index in [4.69, 9.17) is 4.74 Å². The Labute approximate surface area is 96.0 Å². The van der Waals surface area contributed by atoms with Gasteiger partial charge in [-0.2, -0.15) is 0 Å². The Kier molecular flexibility index (Phi) is 2.62. The zero-order valence-corrected chi connectivity index (χ0v) is 9.99. The molecule has 1 aliphatic heterocycles. The maximum atomic E-state index is 11.6. The van der Waals surface area contributed by atoms with Crippen molar-refractivity contribution in [2.45, 2.75) is 25.8 Å². The zero-order chi connectivity index (χ0) is 11.8. The molecule has 1 heterocycles. The van der Waals surface area contributed by atoms with Gasteiger partial charge in [-0.3, -0.25) is 0 Å². The first-order valence-corrected chi connectivity index (χ1v) is 5.46. The molecular formula is C13H17NO2. The molecule has 16 heavy (non-hydrogen) atoms. The number of carbonyl (C=O) groups is 1. The molecule has 0 aliphatic carbocycles. The van der Waals surface area contributed by atoms with Crippen LogP contribution in [0.1, 0.15) is 25.0 Å². The lowest BCUT2D eigenvalue weighted by Crippen LogP contribution is -2.44. The third-order valence-corrected chi connectivity index (χ3v) is 3.13. The number of benzene rings is 1. The molecule has 0 atom stereocenters. The van der Waals surface area contributed by atoms with Gasteiger partial charge in [-0.25, -0.2) is 4.79 Å². The van der Waals surface area contributed by atoms with E-state index in [1.807, 2.05) is 12.1 Å². The van der Waals surface area contributed by atoms with Crippen molar-refractivity contribution in [3.63, 3.8) is 0 Å². The molecule has 0 radical (unpaired) electrons. The molecule has 0 saturated carbocycles. The quantitative estimate of drug-likeness (QED) is 0.671. The van der Waals surface area contributed by atoms with Crippen LogP contribution in [0.4, 0.5) is 4.79 Å². The number of ether oxygens (including phenoxy) is 1. The van der Waals surface area contributed by atoms with Crippen molar-refractivity contribution in [1.82, 2.24) is 4.90 Å². The van der Waals surface area contributed by atoms with E-state index in [9.17, 15) is 4.79 Å². The lowest BCUT2D eigenvalue weighted by atomic mass is 9.78. The highest BCUT2D eigenvalue weighted by atomic mass is 16.5. The van der Waals surface area contributed by atoms with E-state index in [1.54, 1.807) is 4.90 Å². The largest absolute Gasteiger partial charge is 0.453 e. The summed E-state index contributed by atoms with van der Waals surface area (Å²) in [4.78, 5) is 13.3. The van der Waals surface area contributed by atoms with Crippen molar-refractivity contribution >= 4 is 6.09 Å². The Hall–Kier alpha value is -1.51. The summed E-state index contributed by atoms with van der Waals surface area (Å²) in [6, 6.07) is 8.28. The fraction of sp³-hybridized carbons (Fsp3) is 0.462. The van der Waals surface area contributed by atoms with Crippen LogP contribution < -0.4 is 0 Å². The first-order valence-electron chi connectivity index (χ1n) is 5.46. The van der Waals surface area contributed by atoms with Gasteiger partial charge in [-0.15, -0.1) is 0 Å². The van der Waals surface area contributed by atoms with E-state index in [1.165, 1.54) is 18.2 Å². The number of fused-ring (bicyclic) bond motifs is 1. The van der Waals surface area contributed by atoms with E-state index >= 15 is 0 Å². The first kappa shape index (κ1) is 11.0. The Balaban J connectivity index is 2.37. The molecule has 0 spiro atoms. The standard InChI is InChI=1S/C13H17NO2/c1-13(2)9-14(12(15)16-3)8-10-6-4-5-7-11(10)13/h4-7H,8-9H2,1-3H3. The summed E-state index contributed by atoms with van der Waals surface area (Å²) in [5.41, 5.74) is 2.53. The van der Waals surface area contributed by atoms with Gasteiger partial charge >= 0.3 is 6.09 Å². The molecule has 1 aromatic rings. The topological polar surface area (TPSA) is 29.5 Å². The molecule has 3 nitrogen and oxygen atoms in total. The third-order valence-electron chi connectivity index (χ3n) is 3.13. The third kappa shape index (κ3) is 1.77. The monoisotopic (exact) mass is 219 g/mol. The van der Waals surface area contributed by atoms with Crippen LogP contribution in [0.2, 0.25) is 0 Å². The van der Waals surface area contributed by atoms with Crippen LogP contribution in [-0.2, 0) is 16.7 Å². The summed E-state index contributed by atoms with van der Waals surface area (Å²) >= 11 is 0. The van der Waals surface area contributed by atoms with Gasteiger partial charge < -0.3 is 9.64 Å². The van der Waals surface area contributed by atoms with E-state index in [0.29, 0.717) is 13.1 Å². The average Bonchev–Trinajstić information content (AvgIpc) is 2.27. The Morgan fingerprint density at radius 2 is 2.06 bits per heavy atom. The second kappa shape index (κ2) is 3.81. The van der Waals surface area contributed by atoms with Crippen LogP contribution in [0.5, 0.6) is 0 Å². The number of amides is 1. The molecule has 0 fully saturated rings. The van der Waals surface area contributed by atoms with Gasteiger partial charge in [0.05, 0.1) is 7.11 Å². The lowest BCUT2D eigenvalue weighted by Gasteiger charge is -2.39. The van der Waals surface area contributed by atoms with Gasteiger partial charge in [0.25, 0.3) is 0 Å².